The molecule has 0 bridgehead atoms. The van der Waals surface area contributed by atoms with Crippen molar-refractivity contribution in [2.75, 3.05) is 20.3 Å². The highest BCUT2D eigenvalue weighted by molar-refractivity contribution is 9.10. The third kappa shape index (κ3) is 3.31. The molecule has 0 saturated carbocycles. The Bertz CT molecular complexity index is 580. The largest absolute Gasteiger partial charge is 0.381 e. The molecule has 0 radical (unpaired) electrons. The standard InChI is InChI=1S/C12H14BrCl2NO3S/c1-16(9-2-4-19-5-3-9)20(17,18)12-10(14)6-8(13)7-11(12)15/h6-7,9H,2-5H2,1H3. The zero-order chi connectivity index (χ0) is 14.9. The molecule has 1 fully saturated rings. The molecule has 8 heteroatoms. The van der Waals surface area contributed by atoms with E-state index in [2.05, 4.69) is 15.9 Å². The lowest BCUT2D eigenvalue weighted by molar-refractivity contribution is 0.0632. The predicted octanol–water partition coefficient (Wildman–Crippen LogP) is 3.56. The number of nitrogens with zero attached hydrogens (tertiary/aromatic N) is 1. The van der Waals surface area contributed by atoms with Crippen LogP contribution in [0.1, 0.15) is 12.8 Å². The topological polar surface area (TPSA) is 46.6 Å². The SMILES string of the molecule is CN(C1CCOCC1)S(=O)(=O)c1c(Cl)cc(Br)cc1Cl. The van der Waals surface area contributed by atoms with Gasteiger partial charge in [-0.25, -0.2) is 8.42 Å². The summed E-state index contributed by atoms with van der Waals surface area (Å²) in [6.45, 7) is 1.12. The first-order valence-corrected chi connectivity index (χ1v) is 9.03. The fourth-order valence-corrected chi connectivity index (χ4v) is 5.46. The Morgan fingerprint density at radius 1 is 1.25 bits per heavy atom. The quantitative estimate of drug-likeness (QED) is 0.776. The van der Waals surface area contributed by atoms with E-state index in [9.17, 15) is 8.42 Å². The van der Waals surface area contributed by atoms with Gasteiger partial charge in [0.15, 0.2) is 0 Å². The summed E-state index contributed by atoms with van der Waals surface area (Å²) in [6.07, 6.45) is 1.34. The van der Waals surface area contributed by atoms with Gasteiger partial charge in [0.2, 0.25) is 10.0 Å². The van der Waals surface area contributed by atoms with Crippen molar-refractivity contribution in [1.29, 1.82) is 0 Å². The van der Waals surface area contributed by atoms with Gasteiger partial charge in [-0.15, -0.1) is 0 Å². The van der Waals surface area contributed by atoms with Crippen LogP contribution in [0.5, 0.6) is 0 Å². The van der Waals surface area contributed by atoms with Gasteiger partial charge in [0.05, 0.1) is 10.0 Å². The minimum Gasteiger partial charge on any atom is -0.381 e. The summed E-state index contributed by atoms with van der Waals surface area (Å²) in [4.78, 5) is -0.0435. The second kappa shape index (κ2) is 6.50. The molecule has 1 aromatic rings. The number of hydrogen-bond acceptors (Lipinski definition) is 3. The van der Waals surface area contributed by atoms with Gasteiger partial charge >= 0.3 is 0 Å². The van der Waals surface area contributed by atoms with Gasteiger partial charge in [0.25, 0.3) is 0 Å². The molecule has 112 valence electrons. The molecular formula is C12H14BrCl2NO3S. The van der Waals surface area contributed by atoms with Gasteiger partial charge in [-0.05, 0) is 25.0 Å². The van der Waals surface area contributed by atoms with Gasteiger partial charge in [-0.1, -0.05) is 39.1 Å². The first-order valence-electron chi connectivity index (χ1n) is 6.04. The minimum atomic E-state index is -3.72. The molecular weight excluding hydrogens is 389 g/mol. The highest BCUT2D eigenvalue weighted by atomic mass is 79.9. The lowest BCUT2D eigenvalue weighted by Crippen LogP contribution is -2.40. The summed E-state index contributed by atoms with van der Waals surface area (Å²) in [7, 11) is -2.17. The van der Waals surface area contributed by atoms with E-state index in [-0.39, 0.29) is 21.0 Å². The van der Waals surface area contributed by atoms with Crippen LogP contribution < -0.4 is 0 Å². The minimum absolute atomic E-state index is 0.0435. The zero-order valence-electron chi connectivity index (χ0n) is 10.8. The molecule has 0 atom stereocenters. The molecule has 4 nitrogen and oxygen atoms in total. The lowest BCUT2D eigenvalue weighted by Gasteiger charge is -2.30. The van der Waals surface area contributed by atoms with Crippen molar-refractivity contribution in [2.45, 2.75) is 23.8 Å². The molecule has 0 aromatic heterocycles. The Kier molecular flexibility index (Phi) is 5.37. The van der Waals surface area contributed by atoms with Crippen molar-refractivity contribution in [3.05, 3.63) is 26.7 Å². The van der Waals surface area contributed by atoms with E-state index in [1.165, 1.54) is 16.4 Å². The highest BCUT2D eigenvalue weighted by Gasteiger charge is 2.32. The first kappa shape index (κ1) is 16.5. The van der Waals surface area contributed by atoms with Crippen molar-refractivity contribution in [3.8, 4) is 0 Å². The van der Waals surface area contributed by atoms with Crippen molar-refractivity contribution >= 4 is 49.2 Å². The highest BCUT2D eigenvalue weighted by Crippen LogP contribution is 2.35. The molecule has 0 N–H and O–H groups in total. The lowest BCUT2D eigenvalue weighted by atomic mass is 10.1. The maximum absolute atomic E-state index is 12.7. The van der Waals surface area contributed by atoms with Gasteiger partial charge in [0.1, 0.15) is 4.90 Å². The molecule has 20 heavy (non-hydrogen) atoms. The average molecular weight is 403 g/mol. The van der Waals surface area contributed by atoms with E-state index >= 15 is 0 Å². The van der Waals surface area contributed by atoms with Crippen LogP contribution >= 0.6 is 39.1 Å². The fourth-order valence-electron chi connectivity index (χ4n) is 2.16. The molecule has 1 saturated heterocycles. The van der Waals surface area contributed by atoms with Crippen molar-refractivity contribution in [3.63, 3.8) is 0 Å². The third-order valence-corrected chi connectivity index (χ3v) is 6.60. The number of sulfonamides is 1. The van der Waals surface area contributed by atoms with E-state index in [0.717, 1.165) is 0 Å². The normalized spacial score (nSPS) is 17.6. The number of benzene rings is 1. The summed E-state index contributed by atoms with van der Waals surface area (Å²) in [5, 5.41) is 0.228. The molecule has 0 spiro atoms. The molecule has 1 aromatic carbocycles. The van der Waals surface area contributed by atoms with Crippen LogP contribution in [0.2, 0.25) is 10.0 Å². The Hall–Kier alpha value is 0.150. The number of ether oxygens (including phenoxy) is 1. The van der Waals surface area contributed by atoms with Gasteiger partial charge in [0, 0.05) is 30.8 Å². The molecule has 0 aliphatic carbocycles. The Labute approximate surface area is 137 Å². The maximum Gasteiger partial charge on any atom is 0.246 e. The van der Waals surface area contributed by atoms with Crippen LogP contribution in [0.3, 0.4) is 0 Å². The zero-order valence-corrected chi connectivity index (χ0v) is 14.7. The maximum atomic E-state index is 12.7. The van der Waals surface area contributed by atoms with Crippen molar-refractivity contribution in [2.24, 2.45) is 0 Å². The summed E-state index contributed by atoms with van der Waals surface area (Å²) >= 11 is 15.3. The molecule has 1 aliphatic heterocycles. The Balaban J connectivity index is 2.39. The second-order valence-corrected chi connectivity index (χ2v) is 8.23. The van der Waals surface area contributed by atoms with Gasteiger partial charge in [-0.2, -0.15) is 4.31 Å². The fraction of sp³-hybridized carbons (Fsp3) is 0.500. The van der Waals surface area contributed by atoms with Crippen LogP contribution in [0.15, 0.2) is 21.5 Å². The van der Waals surface area contributed by atoms with Crippen molar-refractivity contribution < 1.29 is 13.2 Å². The van der Waals surface area contributed by atoms with Crippen LogP contribution in [-0.2, 0) is 14.8 Å². The first-order chi connectivity index (χ1) is 9.34. The molecule has 0 amide bonds. The van der Waals surface area contributed by atoms with Crippen LogP contribution in [0.25, 0.3) is 0 Å². The number of rotatable bonds is 3. The van der Waals surface area contributed by atoms with E-state index in [0.29, 0.717) is 30.5 Å². The van der Waals surface area contributed by atoms with E-state index < -0.39 is 10.0 Å². The van der Waals surface area contributed by atoms with Gasteiger partial charge in [-0.3, -0.25) is 0 Å². The van der Waals surface area contributed by atoms with E-state index in [1.54, 1.807) is 7.05 Å². The van der Waals surface area contributed by atoms with Crippen LogP contribution in [-0.4, -0.2) is 39.0 Å². The van der Waals surface area contributed by atoms with E-state index in [4.69, 9.17) is 27.9 Å². The monoisotopic (exact) mass is 401 g/mol. The van der Waals surface area contributed by atoms with Gasteiger partial charge < -0.3 is 4.74 Å². The molecule has 0 unspecified atom stereocenters. The van der Waals surface area contributed by atoms with E-state index in [1.807, 2.05) is 0 Å². The predicted molar refractivity (Wildman–Crippen MR) is 83.0 cm³/mol. The molecule has 1 heterocycles. The molecule has 1 aliphatic rings. The van der Waals surface area contributed by atoms with Crippen molar-refractivity contribution in [1.82, 2.24) is 4.31 Å². The second-order valence-electron chi connectivity index (χ2n) is 4.56. The number of halogens is 3. The smallest absolute Gasteiger partial charge is 0.246 e. The summed E-state index contributed by atoms with van der Waals surface area (Å²) < 4.78 is 32.6. The number of hydrogen-bond donors (Lipinski definition) is 0. The Morgan fingerprint density at radius 3 is 2.25 bits per heavy atom. The van der Waals surface area contributed by atoms with Crippen LogP contribution in [0, 0.1) is 0 Å². The summed E-state index contributed by atoms with van der Waals surface area (Å²) in [5.41, 5.74) is 0. The Morgan fingerprint density at radius 2 is 1.75 bits per heavy atom. The average Bonchev–Trinajstić information content (AvgIpc) is 2.37. The molecule has 2 rings (SSSR count). The summed E-state index contributed by atoms with van der Waals surface area (Å²) in [6, 6.07) is 2.96. The third-order valence-electron chi connectivity index (χ3n) is 3.31. The summed E-state index contributed by atoms with van der Waals surface area (Å²) in [5.74, 6) is 0. The van der Waals surface area contributed by atoms with Crippen LogP contribution in [0.4, 0.5) is 0 Å².